The standard InChI is InChI=1S/C16H19ClN2O3/c1-2-21-16(20)9-11-12-10-18-19(14(12)7-6-13(11)17)15-5-3-4-8-22-15/h6-7,10,15H,2-5,8-9H2,1H3. The van der Waals surface area contributed by atoms with Crippen LogP contribution in [0.15, 0.2) is 18.3 Å². The van der Waals surface area contributed by atoms with Crippen molar-refractivity contribution in [3.63, 3.8) is 0 Å². The molecule has 22 heavy (non-hydrogen) atoms. The van der Waals surface area contributed by atoms with Gasteiger partial charge < -0.3 is 9.47 Å². The molecule has 3 rings (SSSR count). The van der Waals surface area contributed by atoms with Gasteiger partial charge in [-0.25, -0.2) is 4.68 Å². The molecule has 1 fully saturated rings. The lowest BCUT2D eigenvalue weighted by Crippen LogP contribution is -2.19. The van der Waals surface area contributed by atoms with E-state index < -0.39 is 0 Å². The zero-order valence-corrected chi connectivity index (χ0v) is 13.3. The molecule has 0 spiro atoms. The van der Waals surface area contributed by atoms with Crippen molar-refractivity contribution in [3.8, 4) is 0 Å². The van der Waals surface area contributed by atoms with Crippen LogP contribution in [0.25, 0.3) is 10.9 Å². The van der Waals surface area contributed by atoms with E-state index in [0.717, 1.165) is 42.3 Å². The van der Waals surface area contributed by atoms with Crippen LogP contribution in [0.4, 0.5) is 0 Å². The predicted octanol–water partition coefficient (Wildman–Crippen LogP) is 3.49. The van der Waals surface area contributed by atoms with Crippen LogP contribution >= 0.6 is 11.6 Å². The fourth-order valence-electron chi connectivity index (χ4n) is 2.83. The van der Waals surface area contributed by atoms with E-state index >= 15 is 0 Å². The van der Waals surface area contributed by atoms with Crippen LogP contribution in [-0.4, -0.2) is 29.0 Å². The molecule has 118 valence electrons. The number of ether oxygens (including phenoxy) is 2. The second-order valence-corrected chi connectivity index (χ2v) is 5.76. The molecule has 1 aliphatic rings. The number of hydrogen-bond donors (Lipinski definition) is 0. The maximum atomic E-state index is 11.8. The monoisotopic (exact) mass is 322 g/mol. The second kappa shape index (κ2) is 6.67. The number of halogens is 1. The summed E-state index contributed by atoms with van der Waals surface area (Å²) in [6.07, 6.45) is 5.05. The van der Waals surface area contributed by atoms with Gasteiger partial charge >= 0.3 is 5.97 Å². The molecular formula is C16H19ClN2O3. The molecule has 1 unspecified atom stereocenters. The van der Waals surface area contributed by atoms with Gasteiger partial charge in [0, 0.05) is 17.0 Å². The Morgan fingerprint density at radius 2 is 2.36 bits per heavy atom. The maximum absolute atomic E-state index is 11.8. The molecule has 1 atom stereocenters. The zero-order valence-electron chi connectivity index (χ0n) is 12.5. The van der Waals surface area contributed by atoms with E-state index in [4.69, 9.17) is 21.1 Å². The van der Waals surface area contributed by atoms with Crippen molar-refractivity contribution < 1.29 is 14.3 Å². The summed E-state index contributed by atoms with van der Waals surface area (Å²) in [6.45, 7) is 2.91. The van der Waals surface area contributed by atoms with E-state index in [9.17, 15) is 4.79 Å². The third kappa shape index (κ3) is 2.96. The van der Waals surface area contributed by atoms with Gasteiger partial charge in [-0.1, -0.05) is 11.6 Å². The first kappa shape index (κ1) is 15.3. The van der Waals surface area contributed by atoms with Crippen LogP contribution in [0.1, 0.15) is 38.0 Å². The van der Waals surface area contributed by atoms with Gasteiger partial charge in [0.25, 0.3) is 0 Å². The number of esters is 1. The first-order chi connectivity index (χ1) is 10.7. The SMILES string of the molecule is CCOC(=O)Cc1c(Cl)ccc2c1cnn2C1CCCCO1. The number of aromatic nitrogens is 2. The Balaban J connectivity index is 1.96. The molecule has 6 heteroatoms. The van der Waals surface area contributed by atoms with E-state index in [1.54, 1.807) is 19.2 Å². The van der Waals surface area contributed by atoms with Crippen LogP contribution in [0.5, 0.6) is 0 Å². The quantitative estimate of drug-likeness (QED) is 0.808. The maximum Gasteiger partial charge on any atom is 0.310 e. The number of fused-ring (bicyclic) bond motifs is 1. The lowest BCUT2D eigenvalue weighted by molar-refractivity contribution is -0.142. The molecule has 2 heterocycles. The molecule has 0 bridgehead atoms. The minimum Gasteiger partial charge on any atom is -0.466 e. The molecular weight excluding hydrogens is 304 g/mol. The average molecular weight is 323 g/mol. The van der Waals surface area contributed by atoms with Gasteiger partial charge in [-0.05, 0) is 43.9 Å². The van der Waals surface area contributed by atoms with Crippen molar-refractivity contribution in [2.75, 3.05) is 13.2 Å². The minimum atomic E-state index is -0.279. The Morgan fingerprint density at radius 3 is 3.09 bits per heavy atom. The number of rotatable bonds is 4. The highest BCUT2D eigenvalue weighted by Gasteiger charge is 2.21. The van der Waals surface area contributed by atoms with E-state index in [1.165, 1.54) is 0 Å². The summed E-state index contributed by atoms with van der Waals surface area (Å²) >= 11 is 6.27. The zero-order chi connectivity index (χ0) is 15.5. The molecule has 0 amide bonds. The second-order valence-electron chi connectivity index (χ2n) is 5.35. The molecule has 0 N–H and O–H groups in total. The molecule has 2 aromatic rings. The minimum absolute atomic E-state index is 0.0390. The highest BCUT2D eigenvalue weighted by molar-refractivity contribution is 6.32. The van der Waals surface area contributed by atoms with Crippen LogP contribution in [0.2, 0.25) is 5.02 Å². The first-order valence-corrected chi connectivity index (χ1v) is 8.00. The molecule has 0 aliphatic carbocycles. The first-order valence-electron chi connectivity index (χ1n) is 7.62. The highest BCUT2D eigenvalue weighted by Crippen LogP contribution is 2.31. The smallest absolute Gasteiger partial charge is 0.310 e. The highest BCUT2D eigenvalue weighted by atomic mass is 35.5. The van der Waals surface area contributed by atoms with Crippen molar-refractivity contribution in [2.24, 2.45) is 0 Å². The number of hydrogen-bond acceptors (Lipinski definition) is 4. The van der Waals surface area contributed by atoms with Gasteiger partial charge in [-0.15, -0.1) is 0 Å². The van der Waals surface area contributed by atoms with Crippen molar-refractivity contribution >= 4 is 28.5 Å². The Bertz CT molecular complexity index is 677. The van der Waals surface area contributed by atoms with Crippen LogP contribution < -0.4 is 0 Å². The largest absolute Gasteiger partial charge is 0.466 e. The van der Waals surface area contributed by atoms with Crippen LogP contribution in [0.3, 0.4) is 0 Å². The summed E-state index contributed by atoms with van der Waals surface area (Å²) < 4.78 is 12.7. The third-order valence-corrected chi connectivity index (χ3v) is 4.24. The lowest BCUT2D eigenvalue weighted by Gasteiger charge is -2.23. The van der Waals surface area contributed by atoms with Crippen molar-refractivity contribution in [1.82, 2.24) is 9.78 Å². The summed E-state index contributed by atoms with van der Waals surface area (Å²) in [4.78, 5) is 11.8. The fourth-order valence-corrected chi connectivity index (χ4v) is 3.07. The van der Waals surface area contributed by atoms with E-state index in [1.807, 2.05) is 10.7 Å². The molecule has 5 nitrogen and oxygen atoms in total. The number of carbonyl (C=O) groups excluding carboxylic acids is 1. The Kier molecular flexibility index (Phi) is 4.64. The van der Waals surface area contributed by atoms with Gasteiger partial charge in [0.15, 0.2) is 6.23 Å². The van der Waals surface area contributed by atoms with Gasteiger partial charge in [0.1, 0.15) is 0 Å². The average Bonchev–Trinajstić information content (AvgIpc) is 2.95. The van der Waals surface area contributed by atoms with E-state index in [2.05, 4.69) is 5.10 Å². The predicted molar refractivity (Wildman–Crippen MR) is 83.9 cm³/mol. The lowest BCUT2D eigenvalue weighted by atomic mass is 10.1. The van der Waals surface area contributed by atoms with Gasteiger partial charge in [0.2, 0.25) is 0 Å². The molecule has 1 aliphatic heterocycles. The fraction of sp³-hybridized carbons (Fsp3) is 0.500. The van der Waals surface area contributed by atoms with Gasteiger partial charge in [-0.2, -0.15) is 5.10 Å². The van der Waals surface area contributed by atoms with Crippen molar-refractivity contribution in [1.29, 1.82) is 0 Å². The Morgan fingerprint density at radius 1 is 1.50 bits per heavy atom. The Labute approximate surface area is 134 Å². The van der Waals surface area contributed by atoms with Crippen LogP contribution in [-0.2, 0) is 20.7 Å². The van der Waals surface area contributed by atoms with E-state index in [-0.39, 0.29) is 18.6 Å². The van der Waals surface area contributed by atoms with Crippen molar-refractivity contribution in [3.05, 3.63) is 28.9 Å². The number of nitrogens with zero attached hydrogens (tertiary/aromatic N) is 2. The third-order valence-electron chi connectivity index (χ3n) is 3.89. The molecule has 0 radical (unpaired) electrons. The summed E-state index contributed by atoms with van der Waals surface area (Å²) in [5.74, 6) is -0.279. The van der Waals surface area contributed by atoms with E-state index in [0.29, 0.717) is 11.6 Å². The molecule has 1 saturated heterocycles. The normalized spacial score (nSPS) is 18.5. The van der Waals surface area contributed by atoms with Gasteiger partial charge in [-0.3, -0.25) is 4.79 Å². The summed E-state index contributed by atoms with van der Waals surface area (Å²) in [5, 5.41) is 5.90. The summed E-state index contributed by atoms with van der Waals surface area (Å²) in [7, 11) is 0. The molecule has 0 saturated carbocycles. The number of benzene rings is 1. The van der Waals surface area contributed by atoms with Crippen LogP contribution in [0, 0.1) is 0 Å². The summed E-state index contributed by atoms with van der Waals surface area (Å²) in [6, 6.07) is 3.73. The topological polar surface area (TPSA) is 53.3 Å². The number of carbonyl (C=O) groups is 1. The molecule has 1 aromatic heterocycles. The summed E-state index contributed by atoms with van der Waals surface area (Å²) in [5.41, 5.74) is 1.70. The Hall–Kier alpha value is -1.59. The molecule has 1 aromatic carbocycles. The van der Waals surface area contributed by atoms with Gasteiger partial charge in [0.05, 0.1) is 24.7 Å². The van der Waals surface area contributed by atoms with Crippen molar-refractivity contribution in [2.45, 2.75) is 38.8 Å².